The second kappa shape index (κ2) is 9.36. The Hall–Kier alpha value is -3.17. The summed E-state index contributed by atoms with van der Waals surface area (Å²) in [7, 11) is 0. The van der Waals surface area contributed by atoms with Gasteiger partial charge in [-0.05, 0) is 42.7 Å². The number of carbonyl (C=O) groups excluding carboxylic acids is 2. The van der Waals surface area contributed by atoms with Crippen molar-refractivity contribution in [3.63, 3.8) is 0 Å². The molecule has 33 heavy (non-hydrogen) atoms. The number of benzene rings is 1. The van der Waals surface area contributed by atoms with Crippen molar-refractivity contribution in [3.05, 3.63) is 65.5 Å². The van der Waals surface area contributed by atoms with Gasteiger partial charge >= 0.3 is 0 Å². The minimum absolute atomic E-state index is 0.00115. The number of aromatic nitrogens is 1. The van der Waals surface area contributed by atoms with Gasteiger partial charge in [-0.15, -0.1) is 0 Å². The van der Waals surface area contributed by atoms with Crippen molar-refractivity contribution in [2.75, 3.05) is 19.7 Å². The van der Waals surface area contributed by atoms with Gasteiger partial charge in [0.05, 0.1) is 31.7 Å². The smallest absolute Gasteiger partial charge is 0.242 e. The van der Waals surface area contributed by atoms with Gasteiger partial charge in [-0.2, -0.15) is 0 Å². The fraction of sp³-hybridized carbons (Fsp3) is 0.444. The van der Waals surface area contributed by atoms with Crippen molar-refractivity contribution in [1.82, 2.24) is 14.8 Å². The number of amides is 2. The Morgan fingerprint density at radius 3 is 2.61 bits per heavy atom. The molecular weight excluding hydrogens is 414 g/mol. The molecule has 3 aliphatic rings. The Morgan fingerprint density at radius 2 is 1.91 bits per heavy atom. The van der Waals surface area contributed by atoms with E-state index in [9.17, 15) is 14.7 Å². The molecule has 1 aromatic carbocycles. The quantitative estimate of drug-likeness (QED) is 0.737. The lowest BCUT2D eigenvalue weighted by molar-refractivity contribution is -0.166. The van der Waals surface area contributed by atoms with E-state index in [4.69, 9.17) is 0 Å². The van der Waals surface area contributed by atoms with Crippen LogP contribution < -0.4 is 0 Å². The van der Waals surface area contributed by atoms with E-state index in [0.29, 0.717) is 18.2 Å². The number of fused-ring (bicyclic) bond motifs is 1. The van der Waals surface area contributed by atoms with E-state index in [0.717, 1.165) is 11.1 Å². The van der Waals surface area contributed by atoms with Crippen LogP contribution in [0.2, 0.25) is 0 Å². The molecule has 0 radical (unpaired) electrons. The van der Waals surface area contributed by atoms with Crippen molar-refractivity contribution >= 4 is 11.8 Å². The summed E-state index contributed by atoms with van der Waals surface area (Å²) >= 11 is 0. The summed E-state index contributed by atoms with van der Waals surface area (Å²) in [6, 6.07) is 13.3. The number of nitrogens with zero attached hydrogens (tertiary/aromatic N) is 3. The van der Waals surface area contributed by atoms with Gasteiger partial charge in [0.25, 0.3) is 0 Å². The molecule has 2 saturated heterocycles. The summed E-state index contributed by atoms with van der Waals surface area (Å²) in [4.78, 5) is 33.3. The molecule has 0 bridgehead atoms. The lowest BCUT2D eigenvalue weighted by Gasteiger charge is -2.58. The molecule has 170 valence electrons. The molecule has 1 aromatic heterocycles. The molecule has 1 aliphatic carbocycles. The van der Waals surface area contributed by atoms with Crippen molar-refractivity contribution in [2.24, 2.45) is 5.92 Å². The number of hydrogen-bond acceptors (Lipinski definition) is 4. The number of pyridine rings is 1. The van der Waals surface area contributed by atoms with E-state index in [2.05, 4.69) is 29.0 Å². The predicted octanol–water partition coefficient (Wildman–Crippen LogP) is 2.36. The number of hydrogen-bond donors (Lipinski definition) is 1. The highest BCUT2D eigenvalue weighted by molar-refractivity contribution is 5.88. The van der Waals surface area contributed by atoms with E-state index in [1.807, 2.05) is 30.3 Å². The molecular formula is C27H29N3O3. The molecule has 3 atom stereocenters. The summed E-state index contributed by atoms with van der Waals surface area (Å²) in [5.74, 6) is 7.02. The van der Waals surface area contributed by atoms with Crippen molar-refractivity contribution < 1.29 is 14.7 Å². The first-order chi connectivity index (χ1) is 16.1. The second-order valence-electron chi connectivity index (χ2n) is 9.29. The topological polar surface area (TPSA) is 73.7 Å². The van der Waals surface area contributed by atoms with Crippen LogP contribution in [-0.2, 0) is 16.0 Å². The van der Waals surface area contributed by atoms with E-state index >= 15 is 0 Å². The summed E-state index contributed by atoms with van der Waals surface area (Å²) in [5.41, 5.74) is 2.77. The molecule has 1 N–H and O–H groups in total. The lowest BCUT2D eigenvalue weighted by atomic mass is 9.73. The minimum Gasteiger partial charge on any atom is -0.394 e. The Kier molecular flexibility index (Phi) is 6.15. The fourth-order valence-corrected chi connectivity index (χ4v) is 5.50. The zero-order chi connectivity index (χ0) is 22.8. The van der Waals surface area contributed by atoms with Crippen LogP contribution in [0.15, 0.2) is 48.7 Å². The zero-order valence-corrected chi connectivity index (χ0v) is 18.7. The predicted molar refractivity (Wildman–Crippen MR) is 124 cm³/mol. The van der Waals surface area contributed by atoms with Crippen LogP contribution in [0.3, 0.4) is 0 Å². The van der Waals surface area contributed by atoms with E-state index in [-0.39, 0.29) is 49.4 Å². The Labute approximate surface area is 194 Å². The Bertz CT molecular complexity index is 1070. The second-order valence-corrected chi connectivity index (χ2v) is 9.29. The highest BCUT2D eigenvalue weighted by Crippen LogP contribution is 2.43. The molecule has 2 aromatic rings. The van der Waals surface area contributed by atoms with Crippen molar-refractivity contribution in [1.29, 1.82) is 0 Å². The summed E-state index contributed by atoms with van der Waals surface area (Å²) in [6.45, 7) is 0.445. The van der Waals surface area contributed by atoms with Gasteiger partial charge in [-0.25, -0.2) is 0 Å². The van der Waals surface area contributed by atoms with E-state index < -0.39 is 0 Å². The lowest BCUT2D eigenvalue weighted by Crippen LogP contribution is -2.73. The first-order valence-electron chi connectivity index (χ1n) is 11.9. The molecule has 5 rings (SSSR count). The third-order valence-electron chi connectivity index (χ3n) is 7.23. The summed E-state index contributed by atoms with van der Waals surface area (Å²) in [5, 5.41) is 10.00. The maximum atomic E-state index is 12.9. The maximum absolute atomic E-state index is 12.9. The van der Waals surface area contributed by atoms with Crippen molar-refractivity contribution in [3.8, 4) is 11.8 Å². The molecule has 3 fully saturated rings. The first-order valence-corrected chi connectivity index (χ1v) is 11.9. The van der Waals surface area contributed by atoms with Crippen LogP contribution in [0.4, 0.5) is 0 Å². The number of aliphatic hydroxyl groups excluding tert-OH is 1. The zero-order valence-electron chi connectivity index (χ0n) is 18.7. The summed E-state index contributed by atoms with van der Waals surface area (Å²) in [6.07, 6.45) is 6.81. The Morgan fingerprint density at radius 1 is 1.12 bits per heavy atom. The molecule has 2 amide bonds. The fourth-order valence-electron chi connectivity index (χ4n) is 5.50. The number of piperazine rings is 1. The Balaban J connectivity index is 1.29. The SMILES string of the molecule is O=C(Cc1ccccn1)N1CC(=O)N2[C@H](C1)[C@@H](c1ccc(C#CC3CCCC3)cc1)[C@@H]2CO. The third-order valence-corrected chi connectivity index (χ3v) is 7.23. The molecule has 0 spiro atoms. The molecule has 0 unspecified atom stereocenters. The largest absolute Gasteiger partial charge is 0.394 e. The van der Waals surface area contributed by atoms with Crippen LogP contribution in [0, 0.1) is 17.8 Å². The highest BCUT2D eigenvalue weighted by atomic mass is 16.3. The monoisotopic (exact) mass is 443 g/mol. The molecule has 1 saturated carbocycles. The average Bonchev–Trinajstić information content (AvgIpc) is 3.34. The van der Waals surface area contributed by atoms with Gasteiger partial charge < -0.3 is 14.9 Å². The van der Waals surface area contributed by atoms with Crippen LogP contribution >= 0.6 is 0 Å². The highest BCUT2D eigenvalue weighted by Gasteiger charge is 2.54. The van der Waals surface area contributed by atoms with Crippen LogP contribution in [0.1, 0.15) is 48.4 Å². The van der Waals surface area contributed by atoms with Gasteiger partial charge in [-0.3, -0.25) is 14.6 Å². The van der Waals surface area contributed by atoms with Crippen molar-refractivity contribution in [2.45, 2.75) is 50.1 Å². The van der Waals surface area contributed by atoms with Gasteiger partial charge in [0.1, 0.15) is 0 Å². The maximum Gasteiger partial charge on any atom is 0.242 e. The molecule has 6 heteroatoms. The van der Waals surface area contributed by atoms with Crippen LogP contribution in [0.5, 0.6) is 0 Å². The van der Waals surface area contributed by atoms with E-state index in [1.54, 1.807) is 16.0 Å². The first kappa shape index (κ1) is 21.7. The van der Waals surface area contributed by atoms with Crippen LogP contribution in [0.25, 0.3) is 0 Å². The molecule has 6 nitrogen and oxygen atoms in total. The van der Waals surface area contributed by atoms with E-state index in [1.165, 1.54) is 25.7 Å². The van der Waals surface area contributed by atoms with Gasteiger partial charge in [-0.1, -0.05) is 42.9 Å². The standard InChI is InChI=1S/C27H29N3O3/c31-18-24-27(21-12-10-20(11-13-21)9-8-19-5-1-2-6-19)23-16-29(17-26(33)30(23)24)25(32)15-22-7-3-4-14-28-22/h3-4,7,10-14,19,23-24,27,31H,1-2,5-6,15-18H2/t23-,24+,27-/m1/s1. The normalized spacial score (nSPS) is 24.6. The molecule has 2 aliphatic heterocycles. The van der Waals surface area contributed by atoms with Gasteiger partial charge in [0, 0.05) is 35.8 Å². The minimum atomic E-state index is -0.244. The third kappa shape index (κ3) is 4.38. The van der Waals surface area contributed by atoms with Gasteiger partial charge in [0.2, 0.25) is 11.8 Å². The van der Waals surface area contributed by atoms with Crippen LogP contribution in [-0.4, -0.2) is 63.5 Å². The average molecular weight is 444 g/mol. The number of rotatable bonds is 4. The number of carbonyl (C=O) groups is 2. The molecule has 3 heterocycles. The summed E-state index contributed by atoms with van der Waals surface area (Å²) < 4.78 is 0. The van der Waals surface area contributed by atoms with Gasteiger partial charge in [0.15, 0.2) is 0 Å². The number of aliphatic hydroxyl groups is 1.